The first-order chi connectivity index (χ1) is 4.75. The van der Waals surface area contributed by atoms with Crippen molar-refractivity contribution in [2.75, 3.05) is 6.54 Å². The fourth-order valence-corrected chi connectivity index (χ4v) is 1.35. The van der Waals surface area contributed by atoms with E-state index in [2.05, 4.69) is 4.37 Å². The van der Waals surface area contributed by atoms with Crippen molar-refractivity contribution in [3.63, 3.8) is 0 Å². The molecular weight excluding hydrogens is 184 g/mol. The molecule has 0 aliphatic heterocycles. The van der Waals surface area contributed by atoms with Crippen LogP contribution in [-0.4, -0.2) is 16.7 Å². The number of nitrogens with two attached hydrogens (primary N) is 1. The Hall–Kier alpha value is -0.450. The van der Waals surface area contributed by atoms with Crippen molar-refractivity contribution < 1.29 is 4.79 Å². The molecule has 1 heterocycles. The lowest BCUT2D eigenvalue weighted by Gasteiger charge is -1.90. The van der Waals surface area contributed by atoms with Gasteiger partial charge in [0, 0.05) is 6.20 Å². The average Bonchev–Trinajstić information content (AvgIpc) is 2.34. The minimum absolute atomic E-state index is 0. The SMILES string of the molecule is Cc1cnsc1C(=O)CN.Cl. The highest BCUT2D eigenvalue weighted by atomic mass is 35.5. The Bertz CT molecular complexity index is 248. The van der Waals surface area contributed by atoms with Crippen LogP contribution in [-0.2, 0) is 0 Å². The summed E-state index contributed by atoms with van der Waals surface area (Å²) in [6.45, 7) is 1.93. The van der Waals surface area contributed by atoms with Crippen molar-refractivity contribution in [3.05, 3.63) is 16.6 Å². The minimum atomic E-state index is -0.0278. The molecular formula is C6H9ClN2OS. The maximum absolute atomic E-state index is 10.9. The topological polar surface area (TPSA) is 56.0 Å². The van der Waals surface area contributed by atoms with Crippen LogP contribution in [0.1, 0.15) is 15.2 Å². The number of nitrogens with zero attached hydrogens (tertiary/aromatic N) is 1. The highest BCUT2D eigenvalue weighted by Gasteiger charge is 2.08. The summed E-state index contributed by atoms with van der Waals surface area (Å²) in [5.41, 5.74) is 6.08. The van der Waals surface area contributed by atoms with Crippen molar-refractivity contribution in [2.45, 2.75) is 6.92 Å². The number of hydrogen-bond acceptors (Lipinski definition) is 4. The standard InChI is InChI=1S/C6H8N2OS.ClH/c1-4-3-8-10-6(4)5(9)2-7;/h3H,2,7H2,1H3;1H. The van der Waals surface area contributed by atoms with E-state index in [9.17, 15) is 4.79 Å². The number of aromatic nitrogens is 1. The Morgan fingerprint density at radius 2 is 2.45 bits per heavy atom. The fraction of sp³-hybridized carbons (Fsp3) is 0.333. The highest BCUT2D eigenvalue weighted by molar-refractivity contribution is 7.08. The number of ketones is 1. The lowest BCUT2D eigenvalue weighted by molar-refractivity contribution is 0.100. The summed E-state index contributed by atoms with van der Waals surface area (Å²) in [6, 6.07) is 0. The normalized spacial score (nSPS) is 8.91. The van der Waals surface area contributed by atoms with Gasteiger partial charge in [-0.15, -0.1) is 12.4 Å². The van der Waals surface area contributed by atoms with E-state index < -0.39 is 0 Å². The van der Waals surface area contributed by atoms with Gasteiger partial charge in [0.1, 0.15) is 0 Å². The first-order valence-electron chi connectivity index (χ1n) is 2.90. The van der Waals surface area contributed by atoms with Gasteiger partial charge in [0.25, 0.3) is 0 Å². The van der Waals surface area contributed by atoms with Crippen molar-refractivity contribution >= 4 is 29.7 Å². The predicted octanol–water partition coefficient (Wildman–Crippen LogP) is 1.01. The van der Waals surface area contributed by atoms with Crippen molar-refractivity contribution in [3.8, 4) is 0 Å². The molecule has 0 fully saturated rings. The van der Waals surface area contributed by atoms with Gasteiger partial charge in [-0.05, 0) is 24.0 Å². The zero-order valence-electron chi connectivity index (χ0n) is 6.03. The van der Waals surface area contributed by atoms with E-state index in [4.69, 9.17) is 5.73 Å². The third kappa shape index (κ3) is 2.25. The summed E-state index contributed by atoms with van der Waals surface area (Å²) < 4.78 is 3.86. The molecule has 11 heavy (non-hydrogen) atoms. The minimum Gasteiger partial charge on any atom is -0.324 e. The van der Waals surface area contributed by atoms with E-state index in [-0.39, 0.29) is 24.7 Å². The molecule has 0 spiro atoms. The van der Waals surface area contributed by atoms with Crippen LogP contribution in [0.5, 0.6) is 0 Å². The van der Waals surface area contributed by atoms with Crippen LogP contribution in [0.2, 0.25) is 0 Å². The van der Waals surface area contributed by atoms with Gasteiger partial charge in [0.05, 0.1) is 11.4 Å². The highest BCUT2D eigenvalue weighted by Crippen LogP contribution is 2.11. The molecule has 1 aromatic rings. The summed E-state index contributed by atoms with van der Waals surface area (Å²) in [7, 11) is 0. The second kappa shape index (κ2) is 4.43. The van der Waals surface area contributed by atoms with Gasteiger partial charge < -0.3 is 5.73 Å². The number of hydrogen-bond donors (Lipinski definition) is 1. The van der Waals surface area contributed by atoms with Gasteiger partial charge in [-0.2, -0.15) is 0 Å². The number of carbonyl (C=O) groups is 1. The van der Waals surface area contributed by atoms with E-state index in [0.717, 1.165) is 5.56 Å². The first-order valence-corrected chi connectivity index (χ1v) is 3.67. The Labute approximate surface area is 75.2 Å². The molecule has 0 aliphatic carbocycles. The maximum Gasteiger partial charge on any atom is 0.188 e. The maximum atomic E-state index is 10.9. The number of carbonyl (C=O) groups excluding carboxylic acids is 1. The van der Waals surface area contributed by atoms with E-state index in [1.54, 1.807) is 6.20 Å². The summed E-state index contributed by atoms with van der Waals surface area (Å²) in [4.78, 5) is 11.6. The molecule has 0 amide bonds. The van der Waals surface area contributed by atoms with Gasteiger partial charge in [-0.1, -0.05) is 0 Å². The number of Topliss-reactive ketones (excluding diaryl/α,β-unsaturated/α-hetero) is 1. The zero-order chi connectivity index (χ0) is 7.56. The summed E-state index contributed by atoms with van der Waals surface area (Å²) in [5, 5.41) is 0. The Morgan fingerprint density at radius 3 is 2.82 bits per heavy atom. The summed E-state index contributed by atoms with van der Waals surface area (Å²) in [5.74, 6) is -0.0278. The fourth-order valence-electron chi connectivity index (χ4n) is 0.652. The van der Waals surface area contributed by atoms with E-state index in [0.29, 0.717) is 4.88 Å². The zero-order valence-corrected chi connectivity index (χ0v) is 7.67. The number of rotatable bonds is 2. The van der Waals surface area contributed by atoms with Crippen LogP contribution in [0, 0.1) is 6.92 Å². The van der Waals surface area contributed by atoms with Gasteiger partial charge in [0.15, 0.2) is 5.78 Å². The van der Waals surface area contributed by atoms with E-state index in [1.807, 2.05) is 6.92 Å². The molecule has 0 saturated carbocycles. The summed E-state index contributed by atoms with van der Waals surface area (Å²) in [6.07, 6.45) is 1.67. The molecule has 3 nitrogen and oxygen atoms in total. The molecule has 0 bridgehead atoms. The average molecular weight is 193 g/mol. The third-order valence-electron chi connectivity index (χ3n) is 1.19. The molecule has 1 aromatic heterocycles. The summed E-state index contributed by atoms with van der Waals surface area (Å²) >= 11 is 1.20. The van der Waals surface area contributed by atoms with Crippen LogP contribution in [0.3, 0.4) is 0 Å². The van der Waals surface area contributed by atoms with Crippen LogP contribution < -0.4 is 5.73 Å². The van der Waals surface area contributed by atoms with Gasteiger partial charge in [-0.3, -0.25) is 4.79 Å². The lowest BCUT2D eigenvalue weighted by atomic mass is 10.2. The smallest absolute Gasteiger partial charge is 0.188 e. The van der Waals surface area contributed by atoms with Gasteiger partial charge in [-0.25, -0.2) is 4.37 Å². The van der Waals surface area contributed by atoms with Crippen LogP contribution in [0.15, 0.2) is 6.20 Å². The third-order valence-corrected chi connectivity index (χ3v) is 2.13. The molecule has 0 aliphatic rings. The number of aryl methyl sites for hydroxylation is 1. The molecule has 5 heteroatoms. The number of halogens is 1. The monoisotopic (exact) mass is 192 g/mol. The van der Waals surface area contributed by atoms with Crippen LogP contribution in [0.25, 0.3) is 0 Å². The molecule has 0 saturated heterocycles. The van der Waals surface area contributed by atoms with Gasteiger partial charge in [0.2, 0.25) is 0 Å². The largest absolute Gasteiger partial charge is 0.324 e. The van der Waals surface area contributed by atoms with Crippen molar-refractivity contribution in [1.82, 2.24) is 4.37 Å². The van der Waals surface area contributed by atoms with Gasteiger partial charge >= 0.3 is 0 Å². The Morgan fingerprint density at radius 1 is 1.82 bits per heavy atom. The second-order valence-corrected chi connectivity index (χ2v) is 2.77. The predicted molar refractivity (Wildman–Crippen MR) is 47.5 cm³/mol. The lowest BCUT2D eigenvalue weighted by Crippen LogP contribution is -2.12. The molecule has 0 atom stereocenters. The van der Waals surface area contributed by atoms with Crippen LogP contribution in [0.4, 0.5) is 0 Å². The molecule has 62 valence electrons. The molecule has 0 aromatic carbocycles. The molecule has 2 N–H and O–H groups in total. The quantitative estimate of drug-likeness (QED) is 0.712. The van der Waals surface area contributed by atoms with Crippen molar-refractivity contribution in [2.24, 2.45) is 5.73 Å². The van der Waals surface area contributed by atoms with Crippen molar-refractivity contribution in [1.29, 1.82) is 0 Å². The van der Waals surface area contributed by atoms with E-state index in [1.165, 1.54) is 11.5 Å². The first kappa shape index (κ1) is 10.6. The van der Waals surface area contributed by atoms with Crippen LogP contribution >= 0.6 is 23.9 Å². The molecule has 0 radical (unpaired) electrons. The molecule has 0 unspecified atom stereocenters. The Kier molecular flexibility index (Phi) is 4.25. The second-order valence-electron chi connectivity index (χ2n) is 1.97. The Balaban J connectivity index is 0.000001000. The molecule has 1 rings (SSSR count). The van der Waals surface area contributed by atoms with E-state index >= 15 is 0 Å².